The van der Waals surface area contributed by atoms with Crippen molar-refractivity contribution in [2.45, 2.75) is 32.0 Å². The summed E-state index contributed by atoms with van der Waals surface area (Å²) >= 11 is 0. The lowest BCUT2D eigenvalue weighted by atomic mass is 10.1. The lowest BCUT2D eigenvalue weighted by Gasteiger charge is -2.19. The highest BCUT2D eigenvalue weighted by Gasteiger charge is 2.52. The molecule has 0 radical (unpaired) electrons. The van der Waals surface area contributed by atoms with Gasteiger partial charge in [-0.3, -0.25) is 4.79 Å². The molecule has 3 heterocycles. The summed E-state index contributed by atoms with van der Waals surface area (Å²) in [7, 11) is 0. The van der Waals surface area contributed by atoms with Crippen LogP contribution in [0.4, 0.5) is 5.69 Å². The number of aromatic nitrogens is 3. The van der Waals surface area contributed by atoms with Gasteiger partial charge in [0, 0.05) is 5.56 Å². The fourth-order valence-electron chi connectivity index (χ4n) is 2.98. The summed E-state index contributed by atoms with van der Waals surface area (Å²) in [6, 6.07) is 5.61. The first-order valence-corrected chi connectivity index (χ1v) is 7.88. The third-order valence-electron chi connectivity index (χ3n) is 4.19. The van der Waals surface area contributed by atoms with Crippen LogP contribution in [0.5, 0.6) is 0 Å². The molecule has 0 atom stereocenters. The number of carbonyl (C=O) groups excluding carboxylic acids is 1. The van der Waals surface area contributed by atoms with Crippen LogP contribution in [-0.4, -0.2) is 34.1 Å². The molecule has 7 nitrogen and oxygen atoms in total. The number of benzene rings is 1. The summed E-state index contributed by atoms with van der Waals surface area (Å²) in [6.45, 7) is 2.96. The van der Waals surface area contributed by atoms with Crippen LogP contribution < -0.4 is 5.32 Å². The quantitative estimate of drug-likeness (QED) is 0.930. The minimum Gasteiger partial charge on any atom is -0.336 e. The van der Waals surface area contributed by atoms with Crippen LogP contribution in [-0.2, 0) is 26.5 Å². The predicted molar refractivity (Wildman–Crippen MR) is 82.2 cm³/mol. The van der Waals surface area contributed by atoms with Gasteiger partial charge in [-0.05, 0) is 31.0 Å². The number of nitrogens with one attached hydrogen (secondary N) is 1. The van der Waals surface area contributed by atoms with Gasteiger partial charge in [-0.15, -0.1) is 5.10 Å². The molecule has 4 rings (SSSR count). The Morgan fingerprint density at radius 2 is 2.17 bits per heavy atom. The molecule has 0 saturated carbocycles. The van der Waals surface area contributed by atoms with Crippen molar-refractivity contribution in [3.05, 3.63) is 35.7 Å². The van der Waals surface area contributed by atoms with Crippen molar-refractivity contribution >= 4 is 11.6 Å². The molecule has 1 fully saturated rings. The van der Waals surface area contributed by atoms with Crippen LogP contribution in [0.25, 0.3) is 5.69 Å². The molecule has 2 aromatic rings. The minimum atomic E-state index is -1.31. The molecule has 1 aromatic heterocycles. The van der Waals surface area contributed by atoms with E-state index in [9.17, 15) is 4.79 Å². The number of amides is 1. The molecule has 23 heavy (non-hydrogen) atoms. The monoisotopic (exact) mass is 314 g/mol. The van der Waals surface area contributed by atoms with E-state index in [-0.39, 0.29) is 5.91 Å². The summed E-state index contributed by atoms with van der Waals surface area (Å²) in [5, 5.41) is 11.2. The number of hydrogen-bond donors (Lipinski definition) is 1. The van der Waals surface area contributed by atoms with Gasteiger partial charge in [-0.25, -0.2) is 4.68 Å². The van der Waals surface area contributed by atoms with E-state index < -0.39 is 5.79 Å². The van der Waals surface area contributed by atoms with Gasteiger partial charge in [0.15, 0.2) is 0 Å². The summed E-state index contributed by atoms with van der Waals surface area (Å²) < 4.78 is 12.9. The molecule has 2 aliphatic rings. The van der Waals surface area contributed by atoms with Gasteiger partial charge in [-0.2, -0.15) is 0 Å². The molecule has 1 saturated heterocycles. The topological polar surface area (TPSA) is 78.3 Å². The Bertz CT molecular complexity index is 750. The predicted octanol–water partition coefficient (Wildman–Crippen LogP) is 1.76. The minimum absolute atomic E-state index is 0.274. The number of anilines is 1. The van der Waals surface area contributed by atoms with E-state index in [2.05, 4.69) is 22.6 Å². The molecule has 0 aliphatic carbocycles. The number of ether oxygens (including phenoxy) is 2. The first-order valence-electron chi connectivity index (χ1n) is 7.88. The van der Waals surface area contributed by atoms with Crippen molar-refractivity contribution in [3.63, 3.8) is 0 Å². The molecular formula is C16H18N4O3. The lowest BCUT2D eigenvalue weighted by Crippen LogP contribution is -2.35. The van der Waals surface area contributed by atoms with Gasteiger partial charge in [0.2, 0.25) is 0 Å². The number of unbranched alkanes of at least 4 members (excludes halogenated alkanes) is 1. The number of aryl methyl sites for hydroxylation is 1. The molecule has 7 heteroatoms. The highest BCUT2D eigenvalue weighted by atomic mass is 16.7. The van der Waals surface area contributed by atoms with Crippen molar-refractivity contribution in [1.82, 2.24) is 15.0 Å². The molecule has 0 unspecified atom stereocenters. The Morgan fingerprint density at radius 3 is 2.96 bits per heavy atom. The highest BCUT2D eigenvalue weighted by Crippen LogP contribution is 2.42. The lowest BCUT2D eigenvalue weighted by molar-refractivity contribution is -0.178. The van der Waals surface area contributed by atoms with E-state index in [0.29, 0.717) is 24.5 Å². The normalized spacial score (nSPS) is 18.4. The number of fused-ring (bicyclic) bond motifs is 2. The number of carbonyl (C=O) groups is 1. The first kappa shape index (κ1) is 14.3. The van der Waals surface area contributed by atoms with Gasteiger partial charge in [0.05, 0.1) is 36.5 Å². The van der Waals surface area contributed by atoms with E-state index in [4.69, 9.17) is 9.47 Å². The van der Waals surface area contributed by atoms with Crippen LogP contribution in [0.15, 0.2) is 24.4 Å². The fraction of sp³-hybridized carbons (Fsp3) is 0.438. The third-order valence-corrected chi connectivity index (χ3v) is 4.19. The van der Waals surface area contributed by atoms with E-state index in [1.807, 2.05) is 24.4 Å². The first-order chi connectivity index (χ1) is 11.2. The molecule has 1 aromatic carbocycles. The number of hydrogen-bond acceptors (Lipinski definition) is 5. The van der Waals surface area contributed by atoms with E-state index >= 15 is 0 Å². The van der Waals surface area contributed by atoms with Gasteiger partial charge in [0.1, 0.15) is 0 Å². The van der Waals surface area contributed by atoms with Crippen molar-refractivity contribution in [1.29, 1.82) is 0 Å². The van der Waals surface area contributed by atoms with Crippen molar-refractivity contribution < 1.29 is 14.3 Å². The molecule has 120 valence electrons. The molecule has 0 bridgehead atoms. The zero-order valence-electron chi connectivity index (χ0n) is 12.9. The van der Waals surface area contributed by atoms with Crippen LogP contribution in [0, 0.1) is 0 Å². The van der Waals surface area contributed by atoms with Crippen LogP contribution in [0.1, 0.15) is 31.0 Å². The standard InChI is InChI=1S/C16H18N4O3/c1-2-3-4-11-10-20(19-18-11)12-5-6-14-13(9-12)16(15(21)17-14)22-7-8-23-16/h5-6,9-10H,2-4,7-8H2,1H3,(H,17,21). The van der Waals surface area contributed by atoms with E-state index in [0.717, 1.165) is 30.6 Å². The second kappa shape index (κ2) is 5.43. The second-order valence-electron chi connectivity index (χ2n) is 5.76. The molecular weight excluding hydrogens is 296 g/mol. The Labute approximate surface area is 133 Å². The molecule has 1 N–H and O–H groups in total. The molecule has 1 spiro atoms. The van der Waals surface area contributed by atoms with E-state index in [1.54, 1.807) is 4.68 Å². The maximum absolute atomic E-state index is 12.2. The third kappa shape index (κ3) is 2.24. The zero-order valence-corrected chi connectivity index (χ0v) is 12.9. The maximum atomic E-state index is 12.2. The van der Waals surface area contributed by atoms with Gasteiger partial charge < -0.3 is 14.8 Å². The fourth-order valence-corrected chi connectivity index (χ4v) is 2.98. The second-order valence-corrected chi connectivity index (χ2v) is 5.76. The highest BCUT2D eigenvalue weighted by molar-refractivity contribution is 6.04. The number of nitrogens with zero attached hydrogens (tertiary/aromatic N) is 3. The van der Waals surface area contributed by atoms with Crippen molar-refractivity contribution in [3.8, 4) is 5.69 Å². The Balaban J connectivity index is 1.69. The van der Waals surface area contributed by atoms with Crippen molar-refractivity contribution in [2.75, 3.05) is 18.5 Å². The van der Waals surface area contributed by atoms with Crippen molar-refractivity contribution in [2.24, 2.45) is 0 Å². The smallest absolute Gasteiger partial charge is 0.289 e. The average molecular weight is 314 g/mol. The Kier molecular flexibility index (Phi) is 3.39. The molecule has 2 aliphatic heterocycles. The van der Waals surface area contributed by atoms with Crippen LogP contribution >= 0.6 is 0 Å². The summed E-state index contributed by atoms with van der Waals surface area (Å²) in [6.07, 6.45) is 5.05. The SMILES string of the molecule is CCCCc1cn(-c2ccc3c(c2)C2(OCCO2)C(=O)N3)nn1. The van der Waals surface area contributed by atoms with E-state index in [1.165, 1.54) is 0 Å². The van der Waals surface area contributed by atoms with Gasteiger partial charge >= 0.3 is 0 Å². The molecule has 1 amide bonds. The number of rotatable bonds is 4. The van der Waals surface area contributed by atoms with Gasteiger partial charge in [-0.1, -0.05) is 18.6 Å². The summed E-state index contributed by atoms with van der Waals surface area (Å²) in [5.41, 5.74) is 3.20. The Hall–Kier alpha value is -2.25. The Morgan fingerprint density at radius 1 is 1.35 bits per heavy atom. The summed E-state index contributed by atoms with van der Waals surface area (Å²) in [4.78, 5) is 12.2. The largest absolute Gasteiger partial charge is 0.336 e. The zero-order chi connectivity index (χ0) is 15.9. The maximum Gasteiger partial charge on any atom is 0.289 e. The average Bonchev–Trinajstić information content (AvgIpc) is 3.28. The van der Waals surface area contributed by atoms with Crippen LogP contribution in [0.3, 0.4) is 0 Å². The summed E-state index contributed by atoms with van der Waals surface area (Å²) in [5.74, 6) is -1.58. The van der Waals surface area contributed by atoms with Crippen LogP contribution in [0.2, 0.25) is 0 Å². The van der Waals surface area contributed by atoms with Gasteiger partial charge in [0.25, 0.3) is 11.7 Å².